The standard InChI is InChI=1S/C22H25N5O4S2/c1-13-12-16(30-3)24-19-14(13)4-5-15(23-19)27-20(28)17-18(33-11-10-32-17)21(27)31-22(29)26-8-6-25(2)7-9-26/h4-5,12,21H,6-11H2,1-3H3. The first-order valence-corrected chi connectivity index (χ1v) is 12.7. The first kappa shape index (κ1) is 22.3. The molecule has 0 radical (unpaired) electrons. The zero-order chi connectivity index (χ0) is 23.1. The van der Waals surface area contributed by atoms with Crippen LogP contribution >= 0.6 is 23.5 Å². The highest BCUT2D eigenvalue weighted by Crippen LogP contribution is 2.45. The predicted molar refractivity (Wildman–Crippen MR) is 130 cm³/mol. The van der Waals surface area contributed by atoms with Gasteiger partial charge in [-0.15, -0.1) is 23.5 Å². The van der Waals surface area contributed by atoms with Gasteiger partial charge < -0.3 is 19.3 Å². The highest BCUT2D eigenvalue weighted by atomic mass is 32.2. The average Bonchev–Trinajstić information content (AvgIpc) is 3.10. The molecule has 1 unspecified atom stereocenters. The summed E-state index contributed by atoms with van der Waals surface area (Å²) in [4.78, 5) is 42.3. The molecule has 2 amide bonds. The molecular formula is C22H25N5O4S2. The summed E-state index contributed by atoms with van der Waals surface area (Å²) in [5.74, 6) is 2.37. The smallest absolute Gasteiger partial charge is 0.412 e. The minimum Gasteiger partial charge on any atom is -0.481 e. The van der Waals surface area contributed by atoms with Gasteiger partial charge in [0.15, 0.2) is 5.65 Å². The molecule has 9 nitrogen and oxygen atoms in total. The van der Waals surface area contributed by atoms with Crippen molar-refractivity contribution in [1.29, 1.82) is 0 Å². The third-order valence-electron chi connectivity index (χ3n) is 5.95. The maximum atomic E-state index is 13.4. The summed E-state index contributed by atoms with van der Waals surface area (Å²) in [5.41, 5.74) is 1.46. The number of rotatable bonds is 3. The van der Waals surface area contributed by atoms with Gasteiger partial charge in [0.05, 0.1) is 16.9 Å². The average molecular weight is 488 g/mol. The van der Waals surface area contributed by atoms with E-state index < -0.39 is 12.3 Å². The third-order valence-corrected chi connectivity index (χ3v) is 8.56. The van der Waals surface area contributed by atoms with Crippen LogP contribution in [-0.4, -0.2) is 89.8 Å². The summed E-state index contributed by atoms with van der Waals surface area (Å²) in [7, 11) is 3.59. The molecule has 2 aromatic rings. The SMILES string of the molecule is COc1cc(C)c2ccc(N3C(=O)C4=C(SCCS4)C3OC(=O)N3CCN(C)CC3)nc2n1. The fourth-order valence-electron chi connectivity index (χ4n) is 4.07. The van der Waals surface area contributed by atoms with Crippen molar-refractivity contribution in [2.75, 3.05) is 56.7 Å². The minimum atomic E-state index is -0.825. The van der Waals surface area contributed by atoms with E-state index in [1.165, 1.54) is 16.7 Å². The molecular weight excluding hydrogens is 462 g/mol. The first-order valence-electron chi connectivity index (χ1n) is 10.8. The van der Waals surface area contributed by atoms with Crippen molar-refractivity contribution in [3.8, 4) is 5.88 Å². The highest BCUT2D eigenvalue weighted by molar-refractivity contribution is 8.10. The van der Waals surface area contributed by atoms with Gasteiger partial charge >= 0.3 is 6.09 Å². The molecule has 1 fully saturated rings. The number of carbonyl (C=O) groups is 2. The Bertz CT molecular complexity index is 1150. The lowest BCUT2D eigenvalue weighted by Crippen LogP contribution is -2.49. The molecule has 11 heteroatoms. The highest BCUT2D eigenvalue weighted by Gasteiger charge is 2.45. The summed E-state index contributed by atoms with van der Waals surface area (Å²) >= 11 is 3.09. The Hall–Kier alpha value is -2.50. The Morgan fingerprint density at radius 3 is 2.64 bits per heavy atom. The van der Waals surface area contributed by atoms with Gasteiger partial charge in [-0.05, 0) is 31.7 Å². The Morgan fingerprint density at radius 1 is 1.12 bits per heavy atom. The molecule has 0 N–H and O–H groups in total. The molecule has 2 aromatic heterocycles. The second-order valence-electron chi connectivity index (χ2n) is 8.11. The number of fused-ring (bicyclic) bond motifs is 1. The summed E-state index contributed by atoms with van der Waals surface area (Å²) in [6, 6.07) is 5.52. The van der Waals surface area contributed by atoms with Crippen molar-refractivity contribution in [1.82, 2.24) is 19.8 Å². The van der Waals surface area contributed by atoms with E-state index in [9.17, 15) is 9.59 Å². The number of methoxy groups -OCH3 is 1. The van der Waals surface area contributed by atoms with Crippen LogP contribution in [0.25, 0.3) is 11.0 Å². The van der Waals surface area contributed by atoms with Gasteiger partial charge in [-0.1, -0.05) is 0 Å². The largest absolute Gasteiger partial charge is 0.481 e. The van der Waals surface area contributed by atoms with Gasteiger partial charge in [-0.25, -0.2) is 14.7 Å². The molecule has 3 aliphatic heterocycles. The lowest BCUT2D eigenvalue weighted by Gasteiger charge is -2.34. The van der Waals surface area contributed by atoms with Crippen LogP contribution in [0.4, 0.5) is 10.6 Å². The molecule has 5 heterocycles. The molecule has 1 saturated heterocycles. The fourth-order valence-corrected chi connectivity index (χ4v) is 6.50. The Labute approximate surface area is 200 Å². The number of amides is 2. The number of anilines is 1. The number of hydrogen-bond acceptors (Lipinski definition) is 9. The number of aromatic nitrogens is 2. The molecule has 3 aliphatic rings. The quantitative estimate of drug-likeness (QED) is 0.648. The van der Waals surface area contributed by atoms with Crippen LogP contribution < -0.4 is 9.64 Å². The lowest BCUT2D eigenvalue weighted by molar-refractivity contribution is -0.115. The van der Waals surface area contributed by atoms with Crippen LogP contribution in [0.3, 0.4) is 0 Å². The van der Waals surface area contributed by atoms with E-state index in [0.717, 1.165) is 40.5 Å². The van der Waals surface area contributed by atoms with E-state index in [4.69, 9.17) is 9.47 Å². The minimum absolute atomic E-state index is 0.190. The van der Waals surface area contributed by atoms with Crippen molar-refractivity contribution in [3.63, 3.8) is 0 Å². The molecule has 0 aromatic carbocycles. The first-order chi connectivity index (χ1) is 16.0. The summed E-state index contributed by atoms with van der Waals surface area (Å²) in [6.45, 7) is 4.74. The van der Waals surface area contributed by atoms with Crippen LogP contribution in [0.2, 0.25) is 0 Å². The summed E-state index contributed by atoms with van der Waals surface area (Å²) in [6.07, 6.45) is -1.23. The van der Waals surface area contributed by atoms with Crippen LogP contribution in [0.15, 0.2) is 28.0 Å². The Morgan fingerprint density at radius 2 is 1.88 bits per heavy atom. The number of nitrogens with zero attached hydrogens (tertiary/aromatic N) is 5. The van der Waals surface area contributed by atoms with Gasteiger partial charge in [-0.3, -0.25) is 4.79 Å². The van der Waals surface area contributed by atoms with Crippen LogP contribution in [0.1, 0.15) is 5.56 Å². The van der Waals surface area contributed by atoms with Gasteiger partial charge in [-0.2, -0.15) is 4.98 Å². The summed E-state index contributed by atoms with van der Waals surface area (Å²) < 4.78 is 11.3. The zero-order valence-electron chi connectivity index (χ0n) is 18.7. The summed E-state index contributed by atoms with van der Waals surface area (Å²) in [5, 5.41) is 0.874. The Balaban J connectivity index is 1.49. The van der Waals surface area contributed by atoms with E-state index in [0.29, 0.717) is 35.3 Å². The number of aryl methyl sites for hydroxylation is 1. The van der Waals surface area contributed by atoms with E-state index in [1.54, 1.807) is 29.8 Å². The molecule has 174 valence electrons. The van der Waals surface area contributed by atoms with Crippen molar-refractivity contribution in [3.05, 3.63) is 33.6 Å². The number of pyridine rings is 2. The van der Waals surface area contributed by atoms with Crippen LogP contribution in [0.5, 0.6) is 5.88 Å². The van der Waals surface area contributed by atoms with Crippen molar-refractivity contribution in [2.24, 2.45) is 0 Å². The van der Waals surface area contributed by atoms with Crippen molar-refractivity contribution in [2.45, 2.75) is 13.2 Å². The molecule has 0 spiro atoms. The molecule has 5 rings (SSSR count). The van der Waals surface area contributed by atoms with Gasteiger partial charge in [0.25, 0.3) is 5.91 Å². The number of likely N-dealkylation sites (N-methyl/N-ethyl adjacent to an activating group) is 1. The maximum Gasteiger partial charge on any atom is 0.412 e. The Kier molecular flexibility index (Phi) is 6.11. The second kappa shape index (κ2) is 9.03. The third kappa shape index (κ3) is 4.13. The second-order valence-corrected chi connectivity index (χ2v) is 10.4. The van der Waals surface area contributed by atoms with Crippen LogP contribution in [-0.2, 0) is 9.53 Å². The topological polar surface area (TPSA) is 88.1 Å². The predicted octanol–water partition coefficient (Wildman–Crippen LogP) is 2.70. The van der Waals surface area contributed by atoms with Gasteiger partial charge in [0.1, 0.15) is 5.82 Å². The van der Waals surface area contributed by atoms with E-state index in [1.807, 2.05) is 26.1 Å². The molecule has 0 saturated carbocycles. The van der Waals surface area contributed by atoms with E-state index >= 15 is 0 Å². The zero-order valence-corrected chi connectivity index (χ0v) is 20.4. The lowest BCUT2D eigenvalue weighted by atomic mass is 10.2. The number of thioether (sulfide) groups is 2. The number of carbonyl (C=O) groups excluding carboxylic acids is 2. The number of ether oxygens (including phenoxy) is 2. The van der Waals surface area contributed by atoms with Crippen molar-refractivity contribution < 1.29 is 19.1 Å². The molecule has 0 bridgehead atoms. The number of piperazine rings is 1. The molecule has 1 atom stereocenters. The molecule has 0 aliphatic carbocycles. The monoisotopic (exact) mass is 487 g/mol. The van der Waals surface area contributed by atoms with Gasteiger partial charge in [0, 0.05) is 49.1 Å². The maximum absolute atomic E-state index is 13.4. The van der Waals surface area contributed by atoms with Gasteiger partial charge in [0.2, 0.25) is 12.1 Å². The number of hydrogen-bond donors (Lipinski definition) is 0. The fraction of sp³-hybridized carbons (Fsp3) is 0.455. The van der Waals surface area contributed by atoms with Crippen molar-refractivity contribution >= 4 is 52.4 Å². The van der Waals surface area contributed by atoms with E-state index in [-0.39, 0.29) is 5.91 Å². The van der Waals surface area contributed by atoms with Crippen LogP contribution in [0, 0.1) is 6.92 Å². The normalized spacial score (nSPS) is 21.5. The molecule has 33 heavy (non-hydrogen) atoms. The van der Waals surface area contributed by atoms with E-state index in [2.05, 4.69) is 14.9 Å².